The van der Waals surface area contributed by atoms with E-state index in [-0.39, 0.29) is 24.9 Å². The Morgan fingerprint density at radius 3 is 2.50 bits per heavy atom. The maximum Gasteiger partial charge on any atom is 0.324 e. The van der Waals surface area contributed by atoms with Crippen LogP contribution in [0.4, 0.5) is 4.79 Å². The third-order valence-electron chi connectivity index (χ3n) is 4.59. The molecule has 0 unspecified atom stereocenters. The maximum atomic E-state index is 13.1. The zero-order chi connectivity index (χ0) is 19.9. The molecular formula is C21H24N4O3. The summed E-state index contributed by atoms with van der Waals surface area (Å²) >= 11 is 0. The van der Waals surface area contributed by atoms with E-state index in [9.17, 15) is 14.4 Å². The van der Waals surface area contributed by atoms with Gasteiger partial charge in [0.05, 0.1) is 13.1 Å². The monoisotopic (exact) mass is 380 g/mol. The first-order chi connectivity index (χ1) is 13.6. The predicted molar refractivity (Wildman–Crippen MR) is 105 cm³/mol. The Kier molecular flexibility index (Phi) is 6.39. The van der Waals surface area contributed by atoms with Crippen molar-refractivity contribution in [3.05, 3.63) is 71.3 Å². The molecule has 3 N–H and O–H groups in total. The van der Waals surface area contributed by atoms with Gasteiger partial charge in [-0.05, 0) is 36.2 Å². The quantitative estimate of drug-likeness (QED) is 0.682. The molecule has 0 spiro atoms. The van der Waals surface area contributed by atoms with Crippen molar-refractivity contribution in [3.8, 4) is 0 Å². The van der Waals surface area contributed by atoms with Crippen molar-refractivity contribution >= 4 is 17.8 Å². The van der Waals surface area contributed by atoms with Crippen LogP contribution in [-0.2, 0) is 17.9 Å². The van der Waals surface area contributed by atoms with E-state index >= 15 is 0 Å². The number of amides is 4. The Balaban J connectivity index is 1.76. The molecule has 7 nitrogen and oxygen atoms in total. The summed E-state index contributed by atoms with van der Waals surface area (Å²) in [5, 5.41) is 2.50. The van der Waals surface area contributed by atoms with Crippen molar-refractivity contribution in [2.75, 3.05) is 19.6 Å². The van der Waals surface area contributed by atoms with Gasteiger partial charge in [0.1, 0.15) is 0 Å². The standard InChI is InChI=1S/C21H24N4O3/c22-10-5-11-24(14-16-6-2-1-3-7-16)20(27)18-9-4-8-17(12-18)15-25-19(26)13-23-21(25)28/h1-4,6-9,12H,5,10-11,13-15,22H2,(H,23,28). The highest BCUT2D eigenvalue weighted by Crippen LogP contribution is 2.15. The molecule has 1 saturated heterocycles. The summed E-state index contributed by atoms with van der Waals surface area (Å²) in [5.41, 5.74) is 7.94. The predicted octanol–water partition coefficient (Wildman–Crippen LogP) is 1.73. The van der Waals surface area contributed by atoms with E-state index in [2.05, 4.69) is 5.32 Å². The summed E-state index contributed by atoms with van der Waals surface area (Å²) in [4.78, 5) is 39.6. The molecule has 1 aliphatic heterocycles. The third-order valence-corrected chi connectivity index (χ3v) is 4.59. The number of imide groups is 1. The number of benzene rings is 2. The van der Waals surface area contributed by atoms with Gasteiger partial charge in [0, 0.05) is 18.7 Å². The molecular weight excluding hydrogens is 356 g/mol. The van der Waals surface area contributed by atoms with Gasteiger partial charge in [0.15, 0.2) is 0 Å². The number of nitrogens with two attached hydrogens (primary N) is 1. The number of hydrogen-bond acceptors (Lipinski definition) is 4. The van der Waals surface area contributed by atoms with Crippen molar-refractivity contribution in [2.24, 2.45) is 5.73 Å². The van der Waals surface area contributed by atoms with Crippen LogP contribution in [0.3, 0.4) is 0 Å². The number of urea groups is 1. The van der Waals surface area contributed by atoms with Crippen molar-refractivity contribution in [1.29, 1.82) is 0 Å². The van der Waals surface area contributed by atoms with Crippen LogP contribution in [0, 0.1) is 0 Å². The van der Waals surface area contributed by atoms with E-state index in [1.807, 2.05) is 30.3 Å². The molecule has 1 aliphatic rings. The summed E-state index contributed by atoms with van der Waals surface area (Å²) in [6, 6.07) is 16.4. The molecule has 1 fully saturated rings. The molecule has 3 rings (SSSR count). The lowest BCUT2D eigenvalue weighted by Crippen LogP contribution is -2.33. The van der Waals surface area contributed by atoms with Crippen molar-refractivity contribution in [2.45, 2.75) is 19.5 Å². The number of rotatable bonds is 8. The highest BCUT2D eigenvalue weighted by atomic mass is 16.2. The van der Waals surface area contributed by atoms with Crippen LogP contribution in [0.1, 0.15) is 27.9 Å². The third kappa shape index (κ3) is 4.75. The fourth-order valence-electron chi connectivity index (χ4n) is 3.12. The van der Waals surface area contributed by atoms with Crippen LogP contribution in [-0.4, -0.2) is 47.3 Å². The van der Waals surface area contributed by atoms with Crippen LogP contribution in [0.15, 0.2) is 54.6 Å². The molecule has 0 bridgehead atoms. The number of carbonyl (C=O) groups excluding carboxylic acids is 3. The van der Waals surface area contributed by atoms with Gasteiger partial charge in [0.2, 0.25) is 5.91 Å². The summed E-state index contributed by atoms with van der Waals surface area (Å²) in [7, 11) is 0. The Morgan fingerprint density at radius 1 is 1.07 bits per heavy atom. The van der Waals surface area contributed by atoms with E-state index in [1.165, 1.54) is 0 Å². The Hall–Kier alpha value is -3.19. The van der Waals surface area contributed by atoms with E-state index in [0.717, 1.165) is 16.0 Å². The molecule has 28 heavy (non-hydrogen) atoms. The van der Waals surface area contributed by atoms with Gasteiger partial charge in [-0.1, -0.05) is 42.5 Å². The number of nitrogens with zero attached hydrogens (tertiary/aromatic N) is 2. The van der Waals surface area contributed by atoms with E-state index in [4.69, 9.17) is 5.73 Å². The lowest BCUT2D eigenvalue weighted by atomic mass is 10.1. The van der Waals surface area contributed by atoms with Gasteiger partial charge in [-0.15, -0.1) is 0 Å². The molecule has 2 aromatic carbocycles. The highest BCUT2D eigenvalue weighted by molar-refractivity contribution is 6.02. The first-order valence-electron chi connectivity index (χ1n) is 9.29. The fourth-order valence-corrected chi connectivity index (χ4v) is 3.12. The first kappa shape index (κ1) is 19.6. The fraction of sp³-hybridized carbons (Fsp3) is 0.286. The molecule has 0 saturated carbocycles. The van der Waals surface area contributed by atoms with Crippen LogP contribution < -0.4 is 11.1 Å². The van der Waals surface area contributed by atoms with E-state index in [0.29, 0.717) is 31.6 Å². The average Bonchev–Trinajstić information content (AvgIpc) is 3.03. The minimum absolute atomic E-state index is 0.0153. The molecule has 2 aromatic rings. The number of hydrogen-bond donors (Lipinski definition) is 2. The molecule has 4 amide bonds. The van der Waals surface area contributed by atoms with Crippen molar-refractivity contribution in [1.82, 2.24) is 15.1 Å². The molecule has 1 heterocycles. The van der Waals surface area contributed by atoms with E-state index in [1.54, 1.807) is 29.2 Å². The largest absolute Gasteiger partial charge is 0.334 e. The average molecular weight is 380 g/mol. The molecule has 146 valence electrons. The van der Waals surface area contributed by atoms with Crippen LogP contribution >= 0.6 is 0 Å². The van der Waals surface area contributed by atoms with E-state index < -0.39 is 6.03 Å². The summed E-state index contributed by atoms with van der Waals surface area (Å²) in [6.07, 6.45) is 0.709. The number of carbonyl (C=O) groups is 3. The lowest BCUT2D eigenvalue weighted by molar-refractivity contribution is -0.125. The van der Waals surface area contributed by atoms with Gasteiger partial charge >= 0.3 is 6.03 Å². The zero-order valence-electron chi connectivity index (χ0n) is 15.6. The lowest BCUT2D eigenvalue weighted by Gasteiger charge is -2.23. The van der Waals surface area contributed by atoms with Crippen molar-refractivity contribution < 1.29 is 14.4 Å². The van der Waals surface area contributed by atoms with Crippen LogP contribution in [0.2, 0.25) is 0 Å². The highest BCUT2D eigenvalue weighted by Gasteiger charge is 2.28. The van der Waals surface area contributed by atoms with Crippen LogP contribution in [0.25, 0.3) is 0 Å². The summed E-state index contributed by atoms with van der Waals surface area (Å²) < 4.78 is 0. The SMILES string of the molecule is NCCCN(Cc1ccccc1)C(=O)c1cccc(CN2C(=O)CNC2=O)c1. The first-order valence-corrected chi connectivity index (χ1v) is 9.29. The van der Waals surface area contributed by atoms with Gasteiger partial charge in [-0.25, -0.2) is 4.79 Å². The smallest absolute Gasteiger partial charge is 0.324 e. The van der Waals surface area contributed by atoms with Gasteiger partial charge in [-0.3, -0.25) is 14.5 Å². The second-order valence-corrected chi connectivity index (χ2v) is 6.69. The van der Waals surface area contributed by atoms with Gasteiger partial charge < -0.3 is 16.0 Å². The minimum atomic E-state index is -0.407. The molecule has 0 radical (unpaired) electrons. The Labute approximate surface area is 164 Å². The zero-order valence-corrected chi connectivity index (χ0v) is 15.6. The Morgan fingerprint density at radius 2 is 1.82 bits per heavy atom. The number of nitrogens with one attached hydrogen (secondary N) is 1. The normalized spacial score (nSPS) is 13.5. The van der Waals surface area contributed by atoms with Gasteiger partial charge in [0.25, 0.3) is 5.91 Å². The Bertz CT molecular complexity index is 838. The molecule has 0 aliphatic carbocycles. The second-order valence-electron chi connectivity index (χ2n) is 6.69. The molecule has 7 heteroatoms. The van der Waals surface area contributed by atoms with Crippen LogP contribution in [0.5, 0.6) is 0 Å². The topological polar surface area (TPSA) is 95.7 Å². The molecule has 0 aromatic heterocycles. The summed E-state index contributed by atoms with van der Waals surface area (Å²) in [5.74, 6) is -0.369. The van der Waals surface area contributed by atoms with Crippen molar-refractivity contribution in [3.63, 3.8) is 0 Å². The maximum absolute atomic E-state index is 13.1. The second kappa shape index (κ2) is 9.14. The molecule has 0 atom stereocenters. The summed E-state index contributed by atoms with van der Waals surface area (Å²) in [6.45, 7) is 1.72. The minimum Gasteiger partial charge on any atom is -0.334 e. The van der Waals surface area contributed by atoms with Gasteiger partial charge in [-0.2, -0.15) is 0 Å².